The van der Waals surface area contributed by atoms with E-state index in [4.69, 9.17) is 11.6 Å². The molecule has 0 aromatic heterocycles. The highest BCUT2D eigenvalue weighted by atomic mass is 79.9. The maximum Gasteiger partial charge on any atom is 0.167 e. The van der Waals surface area contributed by atoms with Gasteiger partial charge < -0.3 is 0 Å². The van der Waals surface area contributed by atoms with Crippen molar-refractivity contribution >= 4 is 44.1 Å². The van der Waals surface area contributed by atoms with E-state index in [1.54, 1.807) is 18.2 Å². The Labute approximate surface area is 136 Å². The van der Waals surface area contributed by atoms with Crippen LogP contribution < -0.4 is 0 Å². The number of hydrogen-bond acceptors (Lipinski definition) is 1. The molecule has 3 aromatic rings. The molecule has 0 aliphatic rings. The van der Waals surface area contributed by atoms with Gasteiger partial charge in [0.25, 0.3) is 0 Å². The standard InChI is InChI=1S/C18H12BrClO/c19-16-8-7-15(11-17(16)20)18(21)10-12-5-6-13-3-1-2-4-14(13)9-12/h1-9,11H,10H2. The molecule has 0 saturated heterocycles. The number of ketones is 1. The topological polar surface area (TPSA) is 17.1 Å². The van der Waals surface area contributed by atoms with Crippen LogP contribution in [0.15, 0.2) is 65.1 Å². The molecule has 0 bridgehead atoms. The van der Waals surface area contributed by atoms with Crippen LogP contribution in [-0.4, -0.2) is 5.78 Å². The second-order valence-electron chi connectivity index (χ2n) is 4.91. The van der Waals surface area contributed by atoms with E-state index in [1.807, 2.05) is 24.3 Å². The third-order valence-corrected chi connectivity index (χ3v) is 4.65. The van der Waals surface area contributed by atoms with Gasteiger partial charge in [0.15, 0.2) is 5.78 Å². The number of benzene rings is 3. The van der Waals surface area contributed by atoms with Crippen molar-refractivity contribution in [2.45, 2.75) is 6.42 Å². The van der Waals surface area contributed by atoms with Gasteiger partial charge in [0.05, 0.1) is 5.02 Å². The molecule has 104 valence electrons. The fourth-order valence-corrected chi connectivity index (χ4v) is 2.73. The van der Waals surface area contributed by atoms with Gasteiger partial charge in [-0.2, -0.15) is 0 Å². The van der Waals surface area contributed by atoms with Gasteiger partial charge >= 0.3 is 0 Å². The molecule has 3 rings (SSSR count). The fourth-order valence-electron chi connectivity index (χ4n) is 2.31. The van der Waals surface area contributed by atoms with E-state index in [-0.39, 0.29) is 5.78 Å². The molecule has 3 aromatic carbocycles. The van der Waals surface area contributed by atoms with Crippen LogP contribution in [0.1, 0.15) is 15.9 Å². The van der Waals surface area contributed by atoms with Gasteiger partial charge in [-0.1, -0.05) is 60.1 Å². The molecule has 0 amide bonds. The molecule has 0 unspecified atom stereocenters. The molecule has 3 heteroatoms. The number of carbonyl (C=O) groups excluding carboxylic acids is 1. The van der Waals surface area contributed by atoms with Gasteiger partial charge in [-0.3, -0.25) is 4.79 Å². The van der Waals surface area contributed by atoms with Crippen LogP contribution in [-0.2, 0) is 6.42 Å². The van der Waals surface area contributed by atoms with Crippen molar-refractivity contribution in [1.82, 2.24) is 0 Å². The minimum Gasteiger partial charge on any atom is -0.294 e. The van der Waals surface area contributed by atoms with E-state index < -0.39 is 0 Å². The normalized spacial score (nSPS) is 10.8. The van der Waals surface area contributed by atoms with Crippen molar-refractivity contribution < 1.29 is 4.79 Å². The second kappa shape index (κ2) is 6.00. The van der Waals surface area contributed by atoms with E-state index >= 15 is 0 Å². The Morgan fingerprint density at radius 3 is 2.48 bits per heavy atom. The first kappa shape index (κ1) is 14.3. The molecule has 1 nitrogen and oxygen atoms in total. The number of Topliss-reactive ketones (excluding diaryl/α,β-unsaturated/α-hetero) is 1. The third-order valence-electron chi connectivity index (χ3n) is 3.42. The van der Waals surface area contributed by atoms with Crippen molar-refractivity contribution in [1.29, 1.82) is 0 Å². The van der Waals surface area contributed by atoms with E-state index in [1.165, 1.54) is 5.39 Å². The zero-order valence-electron chi connectivity index (χ0n) is 11.1. The molecule has 0 saturated carbocycles. The monoisotopic (exact) mass is 358 g/mol. The average molecular weight is 360 g/mol. The molecule has 0 fully saturated rings. The van der Waals surface area contributed by atoms with Gasteiger partial charge in [-0.25, -0.2) is 0 Å². The van der Waals surface area contributed by atoms with Gasteiger partial charge in [-0.15, -0.1) is 0 Å². The first-order valence-electron chi connectivity index (χ1n) is 6.59. The summed E-state index contributed by atoms with van der Waals surface area (Å²) in [5.74, 6) is 0.0691. The van der Waals surface area contributed by atoms with Gasteiger partial charge in [0, 0.05) is 16.5 Å². The van der Waals surface area contributed by atoms with Gasteiger partial charge in [0.1, 0.15) is 0 Å². The molecule has 0 spiro atoms. The van der Waals surface area contributed by atoms with Crippen LogP contribution in [0.4, 0.5) is 0 Å². The molecular formula is C18H12BrClO. The van der Waals surface area contributed by atoms with Crippen molar-refractivity contribution in [3.63, 3.8) is 0 Å². The van der Waals surface area contributed by atoms with Crippen LogP contribution in [0.25, 0.3) is 10.8 Å². The fraction of sp³-hybridized carbons (Fsp3) is 0.0556. The molecular weight excluding hydrogens is 348 g/mol. The Balaban J connectivity index is 1.87. The highest BCUT2D eigenvalue weighted by Crippen LogP contribution is 2.24. The second-order valence-corrected chi connectivity index (χ2v) is 6.17. The molecule has 0 aliphatic carbocycles. The van der Waals surface area contributed by atoms with Crippen molar-refractivity contribution in [3.8, 4) is 0 Å². The minimum absolute atomic E-state index is 0.0691. The van der Waals surface area contributed by atoms with Crippen LogP contribution >= 0.6 is 27.5 Å². The summed E-state index contributed by atoms with van der Waals surface area (Å²) >= 11 is 9.37. The molecule has 0 radical (unpaired) electrons. The maximum atomic E-state index is 12.3. The van der Waals surface area contributed by atoms with Crippen molar-refractivity contribution in [2.75, 3.05) is 0 Å². The quantitative estimate of drug-likeness (QED) is 0.550. The van der Waals surface area contributed by atoms with E-state index in [0.29, 0.717) is 17.0 Å². The zero-order valence-corrected chi connectivity index (χ0v) is 13.5. The number of halogens is 2. The lowest BCUT2D eigenvalue weighted by Crippen LogP contribution is -2.03. The Bertz CT molecular complexity index is 826. The Kier molecular flexibility index (Phi) is 4.09. The first-order valence-corrected chi connectivity index (χ1v) is 7.76. The lowest BCUT2D eigenvalue weighted by molar-refractivity contribution is 0.0993. The van der Waals surface area contributed by atoms with Crippen molar-refractivity contribution in [3.05, 3.63) is 81.3 Å². The molecule has 0 heterocycles. The smallest absolute Gasteiger partial charge is 0.167 e. The predicted molar refractivity (Wildman–Crippen MR) is 91.1 cm³/mol. The Morgan fingerprint density at radius 1 is 0.952 bits per heavy atom. The number of carbonyl (C=O) groups is 1. The molecule has 0 atom stereocenters. The summed E-state index contributed by atoms with van der Waals surface area (Å²) < 4.78 is 0.798. The van der Waals surface area contributed by atoms with Gasteiger partial charge in [0.2, 0.25) is 0 Å². The molecule has 21 heavy (non-hydrogen) atoms. The molecule has 0 N–H and O–H groups in total. The van der Waals surface area contributed by atoms with Gasteiger partial charge in [-0.05, 0) is 44.4 Å². The third kappa shape index (κ3) is 3.17. The lowest BCUT2D eigenvalue weighted by atomic mass is 10.0. The molecule has 0 aliphatic heterocycles. The largest absolute Gasteiger partial charge is 0.294 e. The Morgan fingerprint density at radius 2 is 1.71 bits per heavy atom. The number of hydrogen-bond donors (Lipinski definition) is 0. The lowest BCUT2D eigenvalue weighted by Gasteiger charge is -2.05. The van der Waals surface area contributed by atoms with Crippen LogP contribution in [0.5, 0.6) is 0 Å². The average Bonchev–Trinajstić information content (AvgIpc) is 2.50. The van der Waals surface area contributed by atoms with E-state index in [0.717, 1.165) is 15.4 Å². The van der Waals surface area contributed by atoms with Crippen molar-refractivity contribution in [2.24, 2.45) is 0 Å². The summed E-state index contributed by atoms with van der Waals surface area (Å²) in [7, 11) is 0. The highest BCUT2D eigenvalue weighted by molar-refractivity contribution is 9.10. The zero-order chi connectivity index (χ0) is 14.8. The highest BCUT2D eigenvalue weighted by Gasteiger charge is 2.09. The maximum absolute atomic E-state index is 12.3. The first-order chi connectivity index (χ1) is 10.1. The minimum atomic E-state index is 0.0691. The Hall–Kier alpha value is -1.64. The predicted octanol–water partition coefficient (Wildman–Crippen LogP) is 5.68. The summed E-state index contributed by atoms with van der Waals surface area (Å²) in [5.41, 5.74) is 1.65. The number of fused-ring (bicyclic) bond motifs is 1. The van der Waals surface area contributed by atoms with E-state index in [2.05, 4.69) is 34.1 Å². The summed E-state index contributed by atoms with van der Waals surface area (Å²) in [6, 6.07) is 19.5. The van der Waals surface area contributed by atoms with Crippen LogP contribution in [0, 0.1) is 0 Å². The summed E-state index contributed by atoms with van der Waals surface area (Å²) in [6.45, 7) is 0. The van der Waals surface area contributed by atoms with E-state index in [9.17, 15) is 4.79 Å². The summed E-state index contributed by atoms with van der Waals surface area (Å²) in [5, 5.41) is 2.89. The summed E-state index contributed by atoms with van der Waals surface area (Å²) in [4.78, 5) is 12.3. The van der Waals surface area contributed by atoms with Crippen LogP contribution in [0.2, 0.25) is 5.02 Å². The summed E-state index contributed by atoms with van der Waals surface area (Å²) in [6.07, 6.45) is 0.378. The number of rotatable bonds is 3. The van der Waals surface area contributed by atoms with Crippen LogP contribution in [0.3, 0.4) is 0 Å². The SMILES string of the molecule is O=C(Cc1ccc2ccccc2c1)c1ccc(Br)c(Cl)c1.